The minimum absolute atomic E-state index is 0.00748. The summed E-state index contributed by atoms with van der Waals surface area (Å²) in [6.07, 6.45) is 2.56. The molecule has 6 nitrogen and oxygen atoms in total. The molecule has 0 spiro atoms. The Morgan fingerprint density at radius 3 is 2.56 bits per heavy atom. The molecule has 2 aliphatic heterocycles. The van der Waals surface area contributed by atoms with Crippen molar-refractivity contribution < 1.29 is 17.9 Å². The van der Waals surface area contributed by atoms with Gasteiger partial charge in [-0.2, -0.15) is 0 Å². The third kappa shape index (κ3) is 4.22. The second-order valence-corrected chi connectivity index (χ2v) is 8.87. The Bertz CT molecular complexity index is 706. The van der Waals surface area contributed by atoms with Crippen LogP contribution in [0.1, 0.15) is 30.1 Å². The minimum Gasteiger partial charge on any atom is -0.377 e. The summed E-state index contributed by atoms with van der Waals surface area (Å²) in [6.45, 7) is 6.20. The van der Waals surface area contributed by atoms with E-state index >= 15 is 0 Å². The molecule has 7 heteroatoms. The predicted octanol–water partition coefficient (Wildman–Crippen LogP) is 1.42. The van der Waals surface area contributed by atoms with Crippen LogP contribution in [-0.2, 0) is 14.6 Å². The van der Waals surface area contributed by atoms with Crippen LogP contribution < -0.4 is 0 Å². The number of hydrogen-bond acceptors (Lipinski definition) is 5. The molecule has 2 heterocycles. The van der Waals surface area contributed by atoms with Crippen molar-refractivity contribution in [3.05, 3.63) is 29.8 Å². The SMILES string of the molecule is CCS(=O)(=O)c1ccccc1C(=O)N1CCN(CC2CCCO2)CC1. The van der Waals surface area contributed by atoms with Gasteiger partial charge in [-0.1, -0.05) is 19.1 Å². The highest BCUT2D eigenvalue weighted by atomic mass is 32.2. The summed E-state index contributed by atoms with van der Waals surface area (Å²) < 4.78 is 30.2. The summed E-state index contributed by atoms with van der Waals surface area (Å²) in [5.41, 5.74) is 0.289. The fourth-order valence-corrected chi connectivity index (χ4v) is 4.54. The molecule has 1 aromatic carbocycles. The molecule has 3 rings (SSSR count). The molecule has 0 radical (unpaired) electrons. The first-order valence-corrected chi connectivity index (χ1v) is 10.6. The van der Waals surface area contributed by atoms with E-state index in [1.807, 2.05) is 0 Å². The van der Waals surface area contributed by atoms with Gasteiger partial charge in [-0.3, -0.25) is 9.69 Å². The number of carbonyl (C=O) groups excluding carboxylic acids is 1. The fraction of sp³-hybridized carbons (Fsp3) is 0.611. The molecular weight excluding hydrogens is 340 g/mol. The zero-order valence-corrected chi connectivity index (χ0v) is 15.5. The number of nitrogens with zero attached hydrogens (tertiary/aromatic N) is 2. The summed E-state index contributed by atoms with van der Waals surface area (Å²) in [5.74, 6) is -0.198. The molecule has 0 aliphatic carbocycles. The number of benzene rings is 1. The van der Waals surface area contributed by atoms with E-state index in [0.717, 1.165) is 39.1 Å². The van der Waals surface area contributed by atoms with E-state index in [9.17, 15) is 13.2 Å². The molecule has 2 fully saturated rings. The number of ether oxygens (including phenoxy) is 1. The van der Waals surface area contributed by atoms with Crippen LogP contribution in [0.15, 0.2) is 29.2 Å². The topological polar surface area (TPSA) is 66.9 Å². The molecular formula is C18H26N2O4S. The van der Waals surface area contributed by atoms with E-state index in [2.05, 4.69) is 4.90 Å². The average Bonchev–Trinajstić information content (AvgIpc) is 3.15. The van der Waals surface area contributed by atoms with Crippen LogP contribution >= 0.6 is 0 Å². The molecule has 1 atom stereocenters. The molecule has 1 amide bonds. The maximum absolute atomic E-state index is 12.9. The Morgan fingerprint density at radius 1 is 1.20 bits per heavy atom. The highest BCUT2D eigenvalue weighted by Gasteiger charge is 2.28. The highest BCUT2D eigenvalue weighted by Crippen LogP contribution is 2.20. The van der Waals surface area contributed by atoms with Gasteiger partial charge in [-0.15, -0.1) is 0 Å². The van der Waals surface area contributed by atoms with Gasteiger partial charge < -0.3 is 9.64 Å². The van der Waals surface area contributed by atoms with Crippen molar-refractivity contribution in [1.82, 2.24) is 9.80 Å². The first-order chi connectivity index (χ1) is 12.0. The summed E-state index contributed by atoms with van der Waals surface area (Å²) >= 11 is 0. The van der Waals surface area contributed by atoms with Gasteiger partial charge in [-0.05, 0) is 25.0 Å². The lowest BCUT2D eigenvalue weighted by atomic mass is 10.1. The molecule has 2 aliphatic rings. The van der Waals surface area contributed by atoms with Crippen molar-refractivity contribution in [2.75, 3.05) is 45.1 Å². The van der Waals surface area contributed by atoms with E-state index in [-0.39, 0.29) is 22.1 Å². The largest absolute Gasteiger partial charge is 0.377 e. The minimum atomic E-state index is -3.41. The number of rotatable bonds is 5. The van der Waals surface area contributed by atoms with Crippen LogP contribution in [0.3, 0.4) is 0 Å². The van der Waals surface area contributed by atoms with Crippen LogP contribution in [0.5, 0.6) is 0 Å². The summed E-state index contributed by atoms with van der Waals surface area (Å²) in [7, 11) is -3.41. The standard InChI is InChI=1S/C18H26N2O4S/c1-2-25(22,23)17-8-4-3-7-16(17)18(21)20-11-9-19(10-12-20)14-15-6-5-13-24-15/h3-4,7-8,15H,2,5-6,9-14H2,1H3. The third-order valence-electron chi connectivity index (χ3n) is 4.98. The Labute approximate surface area is 149 Å². The van der Waals surface area contributed by atoms with Gasteiger partial charge in [0.05, 0.1) is 22.3 Å². The number of sulfone groups is 1. The lowest BCUT2D eigenvalue weighted by molar-refractivity contribution is 0.0431. The fourth-order valence-electron chi connectivity index (χ4n) is 3.45. The van der Waals surface area contributed by atoms with Crippen LogP contribution in [0.4, 0.5) is 0 Å². The van der Waals surface area contributed by atoms with Crippen LogP contribution in [0.2, 0.25) is 0 Å². The van der Waals surface area contributed by atoms with Crippen molar-refractivity contribution in [2.45, 2.75) is 30.8 Å². The zero-order chi connectivity index (χ0) is 17.9. The number of piperazine rings is 1. The molecule has 0 bridgehead atoms. The van der Waals surface area contributed by atoms with E-state index in [1.165, 1.54) is 6.07 Å². The van der Waals surface area contributed by atoms with Crippen molar-refractivity contribution in [2.24, 2.45) is 0 Å². The quantitative estimate of drug-likeness (QED) is 0.788. The Kier molecular flexibility index (Phi) is 5.76. The van der Waals surface area contributed by atoms with Crippen molar-refractivity contribution in [3.63, 3.8) is 0 Å². The predicted molar refractivity (Wildman–Crippen MR) is 95.5 cm³/mol. The molecule has 0 aromatic heterocycles. The van der Waals surface area contributed by atoms with Gasteiger partial charge in [-0.25, -0.2) is 8.42 Å². The number of hydrogen-bond donors (Lipinski definition) is 0. The summed E-state index contributed by atoms with van der Waals surface area (Å²) in [5, 5.41) is 0. The van der Waals surface area contributed by atoms with Crippen LogP contribution in [-0.4, -0.2) is 75.3 Å². The lowest BCUT2D eigenvalue weighted by Gasteiger charge is -2.36. The lowest BCUT2D eigenvalue weighted by Crippen LogP contribution is -2.50. The van der Waals surface area contributed by atoms with Gasteiger partial charge in [0.25, 0.3) is 5.91 Å². The van der Waals surface area contributed by atoms with Crippen LogP contribution in [0, 0.1) is 0 Å². The molecule has 1 aromatic rings. The Balaban J connectivity index is 1.65. The number of amides is 1. The van der Waals surface area contributed by atoms with E-state index in [4.69, 9.17) is 4.74 Å². The van der Waals surface area contributed by atoms with Crippen molar-refractivity contribution >= 4 is 15.7 Å². The van der Waals surface area contributed by atoms with Gasteiger partial charge in [0.15, 0.2) is 9.84 Å². The monoisotopic (exact) mass is 366 g/mol. The van der Waals surface area contributed by atoms with E-state index in [1.54, 1.807) is 30.0 Å². The molecule has 0 N–H and O–H groups in total. The first-order valence-electron chi connectivity index (χ1n) is 8.96. The first kappa shape index (κ1) is 18.4. The second kappa shape index (κ2) is 7.85. The summed E-state index contributed by atoms with van der Waals surface area (Å²) in [6, 6.07) is 6.53. The highest BCUT2D eigenvalue weighted by molar-refractivity contribution is 7.91. The van der Waals surface area contributed by atoms with Gasteiger partial charge in [0.2, 0.25) is 0 Å². The molecule has 25 heavy (non-hydrogen) atoms. The van der Waals surface area contributed by atoms with E-state index in [0.29, 0.717) is 19.2 Å². The second-order valence-electron chi connectivity index (χ2n) is 6.63. The Hall–Kier alpha value is -1.44. The Morgan fingerprint density at radius 2 is 1.92 bits per heavy atom. The van der Waals surface area contributed by atoms with Crippen molar-refractivity contribution in [3.8, 4) is 0 Å². The molecule has 138 valence electrons. The third-order valence-corrected chi connectivity index (χ3v) is 6.76. The number of carbonyl (C=O) groups is 1. The van der Waals surface area contributed by atoms with Gasteiger partial charge >= 0.3 is 0 Å². The maximum atomic E-state index is 12.9. The molecule has 1 unspecified atom stereocenters. The van der Waals surface area contributed by atoms with Gasteiger partial charge in [0, 0.05) is 39.3 Å². The van der Waals surface area contributed by atoms with E-state index < -0.39 is 9.84 Å². The normalized spacial score (nSPS) is 22.3. The molecule has 2 saturated heterocycles. The van der Waals surface area contributed by atoms with Crippen molar-refractivity contribution in [1.29, 1.82) is 0 Å². The maximum Gasteiger partial charge on any atom is 0.255 e. The average molecular weight is 366 g/mol. The molecule has 0 saturated carbocycles. The smallest absolute Gasteiger partial charge is 0.255 e. The van der Waals surface area contributed by atoms with Crippen LogP contribution in [0.25, 0.3) is 0 Å². The van der Waals surface area contributed by atoms with Gasteiger partial charge in [0.1, 0.15) is 0 Å². The summed E-state index contributed by atoms with van der Waals surface area (Å²) in [4.78, 5) is 17.1. The zero-order valence-electron chi connectivity index (χ0n) is 14.7.